The first kappa shape index (κ1) is 15.6. The van der Waals surface area contributed by atoms with Gasteiger partial charge >= 0.3 is 5.69 Å². The minimum absolute atomic E-state index is 0.0874. The fourth-order valence-corrected chi connectivity index (χ4v) is 2.42. The molecule has 2 aromatic rings. The van der Waals surface area contributed by atoms with Gasteiger partial charge in [0.05, 0.1) is 9.40 Å². The van der Waals surface area contributed by atoms with Gasteiger partial charge in [0, 0.05) is 12.6 Å². The van der Waals surface area contributed by atoms with Crippen LogP contribution in [0.3, 0.4) is 0 Å². The third-order valence-electron chi connectivity index (χ3n) is 2.44. The largest absolute Gasteiger partial charge is 0.429 e. The Labute approximate surface area is 137 Å². The van der Waals surface area contributed by atoms with Crippen LogP contribution in [-0.4, -0.2) is 21.4 Å². The molecule has 0 atom stereocenters. The van der Waals surface area contributed by atoms with Crippen molar-refractivity contribution in [2.45, 2.75) is 6.92 Å². The van der Waals surface area contributed by atoms with Crippen LogP contribution in [0.15, 0.2) is 33.5 Å². The standard InChI is InChI=1S/C12H10Br2N4O3/c1-2-15-11-9(14)12(17-6-16-11)21-10-7(13)4-3-5-8(10)18(19)20/h3-6H,2H2,1H3,(H,15,16,17). The second-order valence-corrected chi connectivity index (χ2v) is 5.47. The number of halogens is 2. The first-order valence-corrected chi connectivity index (χ1v) is 7.48. The van der Waals surface area contributed by atoms with Crippen molar-refractivity contribution < 1.29 is 9.66 Å². The average Bonchev–Trinajstić information content (AvgIpc) is 2.45. The monoisotopic (exact) mass is 416 g/mol. The fourth-order valence-electron chi connectivity index (χ4n) is 1.55. The summed E-state index contributed by atoms with van der Waals surface area (Å²) in [5, 5.41) is 14.1. The molecular formula is C12H10Br2N4O3. The third-order valence-corrected chi connectivity index (χ3v) is 3.78. The highest BCUT2D eigenvalue weighted by Gasteiger charge is 2.21. The molecule has 0 aliphatic rings. The Kier molecular flexibility index (Phi) is 5.07. The molecule has 9 heteroatoms. The minimum Gasteiger partial charge on any atom is -0.429 e. The van der Waals surface area contributed by atoms with Gasteiger partial charge in [-0.3, -0.25) is 10.1 Å². The highest BCUT2D eigenvalue weighted by Crippen LogP contribution is 2.40. The van der Waals surface area contributed by atoms with E-state index in [0.29, 0.717) is 21.3 Å². The fraction of sp³-hybridized carbons (Fsp3) is 0.167. The summed E-state index contributed by atoms with van der Waals surface area (Å²) in [5.74, 6) is 0.831. The van der Waals surface area contributed by atoms with Crippen molar-refractivity contribution in [2.24, 2.45) is 0 Å². The molecular weight excluding hydrogens is 408 g/mol. The highest BCUT2D eigenvalue weighted by molar-refractivity contribution is 9.11. The number of nitrogens with zero attached hydrogens (tertiary/aromatic N) is 3. The van der Waals surface area contributed by atoms with Gasteiger partial charge in [0.2, 0.25) is 11.6 Å². The zero-order chi connectivity index (χ0) is 15.4. The quantitative estimate of drug-likeness (QED) is 0.580. The molecule has 0 spiro atoms. The van der Waals surface area contributed by atoms with E-state index in [-0.39, 0.29) is 17.3 Å². The predicted octanol–water partition coefficient (Wildman–Crippen LogP) is 4.13. The number of rotatable bonds is 5. The number of hydrogen-bond donors (Lipinski definition) is 1. The van der Waals surface area contributed by atoms with E-state index >= 15 is 0 Å². The molecule has 110 valence electrons. The molecule has 21 heavy (non-hydrogen) atoms. The van der Waals surface area contributed by atoms with Crippen LogP contribution in [0.1, 0.15) is 6.92 Å². The van der Waals surface area contributed by atoms with E-state index in [4.69, 9.17) is 4.74 Å². The summed E-state index contributed by atoms with van der Waals surface area (Å²) >= 11 is 6.57. The maximum absolute atomic E-state index is 11.1. The Balaban J connectivity index is 2.44. The van der Waals surface area contributed by atoms with E-state index in [1.165, 1.54) is 12.4 Å². The molecule has 0 fully saturated rings. The Morgan fingerprint density at radius 1 is 1.38 bits per heavy atom. The summed E-state index contributed by atoms with van der Waals surface area (Å²) in [5.41, 5.74) is -0.153. The Hall–Kier alpha value is -1.74. The van der Waals surface area contributed by atoms with Crippen LogP contribution in [0.2, 0.25) is 0 Å². The predicted molar refractivity (Wildman–Crippen MR) is 84.8 cm³/mol. The first-order valence-electron chi connectivity index (χ1n) is 5.89. The molecule has 2 rings (SSSR count). The van der Waals surface area contributed by atoms with Gasteiger partial charge in [-0.25, -0.2) is 9.97 Å². The number of para-hydroxylation sites is 1. The van der Waals surface area contributed by atoms with E-state index in [9.17, 15) is 10.1 Å². The molecule has 1 heterocycles. The number of benzene rings is 1. The van der Waals surface area contributed by atoms with E-state index in [1.54, 1.807) is 12.1 Å². The molecule has 1 aromatic heterocycles. The second kappa shape index (κ2) is 6.81. The lowest BCUT2D eigenvalue weighted by Gasteiger charge is -2.11. The van der Waals surface area contributed by atoms with Gasteiger partial charge in [-0.1, -0.05) is 6.07 Å². The molecule has 0 bridgehead atoms. The van der Waals surface area contributed by atoms with Gasteiger partial charge in [-0.2, -0.15) is 0 Å². The summed E-state index contributed by atoms with van der Waals surface area (Å²) in [6.07, 6.45) is 1.32. The SMILES string of the molecule is CCNc1ncnc(Oc2c(Br)cccc2[N+](=O)[O-])c1Br. The van der Waals surface area contributed by atoms with Crippen molar-refractivity contribution in [3.8, 4) is 11.6 Å². The van der Waals surface area contributed by atoms with Gasteiger partial charge in [-0.05, 0) is 44.8 Å². The van der Waals surface area contributed by atoms with Crippen molar-refractivity contribution in [1.29, 1.82) is 0 Å². The summed E-state index contributed by atoms with van der Waals surface area (Å²) in [4.78, 5) is 18.6. The number of nitro groups is 1. The number of nitro benzene ring substituents is 1. The van der Waals surface area contributed by atoms with Crippen LogP contribution in [0.4, 0.5) is 11.5 Å². The van der Waals surface area contributed by atoms with Crippen LogP contribution in [0, 0.1) is 10.1 Å². The van der Waals surface area contributed by atoms with Crippen molar-refractivity contribution >= 4 is 43.4 Å². The number of ether oxygens (including phenoxy) is 1. The second-order valence-electron chi connectivity index (χ2n) is 3.82. The summed E-state index contributed by atoms with van der Waals surface area (Å²) in [7, 11) is 0. The number of hydrogen-bond acceptors (Lipinski definition) is 6. The third kappa shape index (κ3) is 3.48. The van der Waals surface area contributed by atoms with Crippen molar-refractivity contribution in [3.63, 3.8) is 0 Å². The van der Waals surface area contributed by atoms with Crippen molar-refractivity contribution in [3.05, 3.63) is 43.6 Å². The van der Waals surface area contributed by atoms with Crippen LogP contribution in [-0.2, 0) is 0 Å². The van der Waals surface area contributed by atoms with E-state index < -0.39 is 4.92 Å². The minimum atomic E-state index is -0.513. The molecule has 1 aromatic carbocycles. The van der Waals surface area contributed by atoms with Gasteiger partial charge in [-0.15, -0.1) is 0 Å². The smallest absolute Gasteiger partial charge is 0.312 e. The zero-order valence-corrected chi connectivity index (χ0v) is 14.0. The number of nitrogens with one attached hydrogen (secondary N) is 1. The normalized spacial score (nSPS) is 10.2. The lowest BCUT2D eigenvalue weighted by molar-refractivity contribution is -0.385. The maximum Gasteiger partial charge on any atom is 0.312 e. The first-order chi connectivity index (χ1) is 10.0. The molecule has 7 nitrogen and oxygen atoms in total. The molecule has 0 saturated carbocycles. The van der Waals surface area contributed by atoms with Crippen molar-refractivity contribution in [2.75, 3.05) is 11.9 Å². The van der Waals surface area contributed by atoms with Crippen LogP contribution < -0.4 is 10.1 Å². The van der Waals surface area contributed by atoms with E-state index in [1.807, 2.05) is 6.92 Å². The summed E-state index contributed by atoms with van der Waals surface area (Å²) < 4.78 is 6.55. The molecule has 0 aliphatic heterocycles. The van der Waals surface area contributed by atoms with E-state index in [2.05, 4.69) is 47.1 Å². The van der Waals surface area contributed by atoms with Gasteiger partial charge < -0.3 is 10.1 Å². The molecule has 1 N–H and O–H groups in total. The maximum atomic E-state index is 11.1. The molecule has 0 aliphatic carbocycles. The average molecular weight is 418 g/mol. The van der Waals surface area contributed by atoms with Crippen LogP contribution >= 0.6 is 31.9 Å². The van der Waals surface area contributed by atoms with Gasteiger partial charge in [0.15, 0.2) is 0 Å². The Morgan fingerprint density at radius 2 is 2.14 bits per heavy atom. The molecule has 0 unspecified atom stereocenters. The van der Waals surface area contributed by atoms with Gasteiger partial charge in [0.1, 0.15) is 16.6 Å². The topological polar surface area (TPSA) is 90.2 Å². The summed E-state index contributed by atoms with van der Waals surface area (Å²) in [6.45, 7) is 2.60. The molecule has 0 amide bonds. The lowest BCUT2D eigenvalue weighted by Crippen LogP contribution is -2.03. The summed E-state index contributed by atoms with van der Waals surface area (Å²) in [6, 6.07) is 4.58. The highest BCUT2D eigenvalue weighted by atomic mass is 79.9. The number of anilines is 1. The molecule has 0 radical (unpaired) electrons. The molecule has 0 saturated heterocycles. The zero-order valence-electron chi connectivity index (χ0n) is 10.8. The van der Waals surface area contributed by atoms with Gasteiger partial charge in [0.25, 0.3) is 0 Å². The van der Waals surface area contributed by atoms with Crippen LogP contribution in [0.5, 0.6) is 11.6 Å². The van der Waals surface area contributed by atoms with E-state index in [0.717, 1.165) is 0 Å². The van der Waals surface area contributed by atoms with Crippen molar-refractivity contribution in [1.82, 2.24) is 9.97 Å². The number of aromatic nitrogens is 2. The lowest BCUT2D eigenvalue weighted by atomic mass is 10.3. The Morgan fingerprint density at radius 3 is 2.81 bits per heavy atom. The van der Waals surface area contributed by atoms with Crippen LogP contribution in [0.25, 0.3) is 0 Å². The Bertz CT molecular complexity index is 682.